The average molecular weight is 251 g/mol. The first-order valence-corrected chi connectivity index (χ1v) is 6.62. The summed E-state index contributed by atoms with van der Waals surface area (Å²) in [5.74, 6) is 1.24. The van der Waals surface area contributed by atoms with Crippen molar-refractivity contribution in [2.75, 3.05) is 13.1 Å². The minimum Gasteiger partial charge on any atom is -0.298 e. The molecule has 0 aliphatic rings. The van der Waals surface area contributed by atoms with Gasteiger partial charge in [0.05, 0.1) is 11.3 Å². The van der Waals surface area contributed by atoms with Gasteiger partial charge in [-0.2, -0.15) is 5.10 Å². The third-order valence-electron chi connectivity index (χ3n) is 2.68. The Labute approximate surface area is 110 Å². The van der Waals surface area contributed by atoms with Crippen molar-refractivity contribution in [2.45, 2.75) is 34.2 Å². The summed E-state index contributed by atoms with van der Waals surface area (Å²) in [5.41, 5.74) is 1.59. The summed E-state index contributed by atoms with van der Waals surface area (Å²) in [6.45, 7) is 11.7. The van der Waals surface area contributed by atoms with Gasteiger partial charge in [-0.3, -0.25) is 14.4 Å². The molecule has 0 aliphatic carbocycles. The summed E-state index contributed by atoms with van der Waals surface area (Å²) in [6, 6.07) is 0. The van der Waals surface area contributed by atoms with Crippen molar-refractivity contribution in [1.82, 2.24) is 14.7 Å². The molecular formula is C14H25N3O. The molecule has 4 heteroatoms. The van der Waals surface area contributed by atoms with Gasteiger partial charge in [-0.05, 0) is 11.8 Å². The van der Waals surface area contributed by atoms with Crippen LogP contribution >= 0.6 is 0 Å². The van der Waals surface area contributed by atoms with Crippen molar-refractivity contribution in [1.29, 1.82) is 0 Å². The molecule has 0 spiro atoms. The van der Waals surface area contributed by atoms with Gasteiger partial charge in [0.25, 0.3) is 0 Å². The Morgan fingerprint density at radius 3 is 2.28 bits per heavy atom. The number of hydrogen-bond acceptors (Lipinski definition) is 3. The van der Waals surface area contributed by atoms with Crippen molar-refractivity contribution in [2.24, 2.45) is 18.9 Å². The highest BCUT2D eigenvalue weighted by molar-refractivity contribution is 5.75. The Balaban J connectivity index is 2.77. The number of rotatable bonds is 7. The molecule has 0 aromatic carbocycles. The van der Waals surface area contributed by atoms with E-state index in [0.717, 1.165) is 31.6 Å². The molecule has 0 unspecified atom stereocenters. The van der Waals surface area contributed by atoms with Crippen molar-refractivity contribution in [3.63, 3.8) is 0 Å². The van der Waals surface area contributed by atoms with Crippen molar-refractivity contribution in [3.05, 3.63) is 17.5 Å². The van der Waals surface area contributed by atoms with Crippen LogP contribution in [-0.2, 0) is 13.6 Å². The Morgan fingerprint density at radius 2 is 1.83 bits per heavy atom. The Bertz CT molecular complexity index is 372. The van der Waals surface area contributed by atoms with E-state index in [1.165, 1.54) is 0 Å². The van der Waals surface area contributed by atoms with E-state index in [0.29, 0.717) is 17.4 Å². The Hall–Kier alpha value is -1.16. The number of aromatic nitrogens is 2. The third-order valence-corrected chi connectivity index (χ3v) is 2.68. The first kappa shape index (κ1) is 14.9. The third kappa shape index (κ3) is 4.61. The molecule has 1 aromatic rings. The lowest BCUT2D eigenvalue weighted by molar-refractivity contribution is 0.112. The molecule has 0 aliphatic heterocycles. The molecule has 18 heavy (non-hydrogen) atoms. The van der Waals surface area contributed by atoms with Crippen LogP contribution < -0.4 is 0 Å². The van der Waals surface area contributed by atoms with Gasteiger partial charge in [-0.15, -0.1) is 0 Å². The topological polar surface area (TPSA) is 38.1 Å². The van der Waals surface area contributed by atoms with E-state index in [2.05, 4.69) is 37.7 Å². The van der Waals surface area contributed by atoms with E-state index in [4.69, 9.17) is 0 Å². The van der Waals surface area contributed by atoms with Crippen LogP contribution in [-0.4, -0.2) is 34.1 Å². The maximum absolute atomic E-state index is 11.0. The molecule has 1 heterocycles. The monoisotopic (exact) mass is 251 g/mol. The van der Waals surface area contributed by atoms with Crippen molar-refractivity contribution < 1.29 is 4.79 Å². The molecule has 4 nitrogen and oxygen atoms in total. The maximum atomic E-state index is 11.0. The summed E-state index contributed by atoms with van der Waals surface area (Å²) in [6.07, 6.45) is 2.68. The zero-order valence-electron chi connectivity index (χ0n) is 12.2. The predicted molar refractivity (Wildman–Crippen MR) is 73.5 cm³/mol. The van der Waals surface area contributed by atoms with Gasteiger partial charge < -0.3 is 0 Å². The van der Waals surface area contributed by atoms with Crippen LogP contribution in [0.3, 0.4) is 0 Å². The molecule has 0 bridgehead atoms. The lowest BCUT2D eigenvalue weighted by atomic mass is 10.1. The van der Waals surface area contributed by atoms with Gasteiger partial charge in [0, 0.05) is 32.9 Å². The van der Waals surface area contributed by atoms with E-state index < -0.39 is 0 Å². The van der Waals surface area contributed by atoms with Crippen LogP contribution in [0.2, 0.25) is 0 Å². The molecule has 0 fully saturated rings. The van der Waals surface area contributed by atoms with Crippen LogP contribution in [0.5, 0.6) is 0 Å². The summed E-state index contributed by atoms with van der Waals surface area (Å²) in [7, 11) is 1.85. The molecule has 1 aromatic heterocycles. The second kappa shape index (κ2) is 6.69. The highest BCUT2D eigenvalue weighted by Gasteiger charge is 2.14. The molecule has 1 rings (SSSR count). The lowest BCUT2D eigenvalue weighted by Crippen LogP contribution is -2.31. The number of hydrogen-bond donors (Lipinski definition) is 0. The maximum Gasteiger partial charge on any atom is 0.153 e. The van der Waals surface area contributed by atoms with Crippen LogP contribution in [0.4, 0.5) is 0 Å². The molecule has 0 saturated heterocycles. The van der Waals surface area contributed by atoms with Crippen molar-refractivity contribution in [3.8, 4) is 0 Å². The highest BCUT2D eigenvalue weighted by Crippen LogP contribution is 2.11. The van der Waals surface area contributed by atoms with Crippen LogP contribution in [0, 0.1) is 11.8 Å². The van der Waals surface area contributed by atoms with Gasteiger partial charge in [-0.1, -0.05) is 27.7 Å². The second-order valence-corrected chi connectivity index (χ2v) is 5.80. The molecule has 102 valence electrons. The minimum absolute atomic E-state index is 0.618. The number of nitrogens with zero attached hydrogens (tertiary/aromatic N) is 3. The second-order valence-electron chi connectivity index (χ2n) is 5.80. The van der Waals surface area contributed by atoms with Gasteiger partial charge in [0.1, 0.15) is 0 Å². The Morgan fingerprint density at radius 1 is 1.28 bits per heavy atom. The fourth-order valence-corrected chi connectivity index (χ4v) is 2.22. The molecule has 0 amide bonds. The van der Waals surface area contributed by atoms with Gasteiger partial charge in [0.2, 0.25) is 0 Å². The van der Waals surface area contributed by atoms with E-state index in [9.17, 15) is 4.79 Å². The normalized spacial score (nSPS) is 11.8. The van der Waals surface area contributed by atoms with Crippen LogP contribution in [0.25, 0.3) is 0 Å². The standard InChI is InChI=1S/C14H25N3O/c1-11(2)6-17(7-12(3)4)9-14-13(10-18)8-16(5)15-14/h8,10-12H,6-7,9H2,1-5H3. The SMILES string of the molecule is CC(C)CN(Cc1nn(C)cc1C=O)CC(C)C. The number of carbonyl (C=O) groups excluding carboxylic acids is 1. The number of carbonyl (C=O) groups is 1. The molecule has 0 atom stereocenters. The molecule has 0 saturated carbocycles. The molecule has 0 radical (unpaired) electrons. The predicted octanol–water partition coefficient (Wildman–Crippen LogP) is 2.35. The van der Waals surface area contributed by atoms with Gasteiger partial charge >= 0.3 is 0 Å². The van der Waals surface area contributed by atoms with E-state index in [-0.39, 0.29) is 0 Å². The summed E-state index contributed by atoms with van der Waals surface area (Å²) in [5, 5.41) is 4.38. The lowest BCUT2D eigenvalue weighted by Gasteiger charge is -2.25. The fraction of sp³-hybridized carbons (Fsp3) is 0.714. The van der Waals surface area contributed by atoms with Gasteiger partial charge in [-0.25, -0.2) is 0 Å². The van der Waals surface area contributed by atoms with Gasteiger partial charge in [0.15, 0.2) is 6.29 Å². The van der Waals surface area contributed by atoms with E-state index in [1.54, 1.807) is 10.9 Å². The number of aldehydes is 1. The van der Waals surface area contributed by atoms with Crippen molar-refractivity contribution >= 4 is 6.29 Å². The molecular weight excluding hydrogens is 226 g/mol. The zero-order chi connectivity index (χ0) is 13.7. The summed E-state index contributed by atoms with van der Waals surface area (Å²) in [4.78, 5) is 13.4. The highest BCUT2D eigenvalue weighted by atomic mass is 16.1. The van der Waals surface area contributed by atoms with E-state index in [1.807, 2.05) is 7.05 Å². The smallest absolute Gasteiger partial charge is 0.153 e. The quantitative estimate of drug-likeness (QED) is 0.698. The number of aryl methyl sites for hydroxylation is 1. The van der Waals surface area contributed by atoms with E-state index >= 15 is 0 Å². The largest absolute Gasteiger partial charge is 0.298 e. The minimum atomic E-state index is 0.618. The average Bonchev–Trinajstić information content (AvgIpc) is 2.56. The van der Waals surface area contributed by atoms with Crippen LogP contribution in [0.1, 0.15) is 43.7 Å². The summed E-state index contributed by atoms with van der Waals surface area (Å²) < 4.78 is 1.71. The summed E-state index contributed by atoms with van der Waals surface area (Å²) >= 11 is 0. The van der Waals surface area contributed by atoms with Crippen LogP contribution in [0.15, 0.2) is 6.20 Å². The fourth-order valence-electron chi connectivity index (χ4n) is 2.22. The first-order chi connectivity index (χ1) is 8.42. The molecule has 0 N–H and O–H groups in total. The Kier molecular flexibility index (Phi) is 5.54. The first-order valence-electron chi connectivity index (χ1n) is 6.62. The zero-order valence-corrected chi connectivity index (χ0v) is 12.2.